The van der Waals surface area contributed by atoms with Gasteiger partial charge in [-0.25, -0.2) is 0 Å². The number of allylic oxidation sites excluding steroid dienone is 3. The van der Waals surface area contributed by atoms with E-state index in [0.29, 0.717) is 5.56 Å². The Balaban J connectivity index is 1.87. The van der Waals surface area contributed by atoms with Crippen LogP contribution >= 0.6 is 15.9 Å². The fourth-order valence-electron chi connectivity index (χ4n) is 2.33. The van der Waals surface area contributed by atoms with Crippen molar-refractivity contribution >= 4 is 21.8 Å². The van der Waals surface area contributed by atoms with Gasteiger partial charge >= 0.3 is 0 Å². The third kappa shape index (κ3) is 4.46. The molecular weight excluding hydrogens is 328 g/mol. The van der Waals surface area contributed by atoms with Crippen LogP contribution in [0.15, 0.2) is 52.2 Å². The molecule has 0 spiro atoms. The highest BCUT2D eigenvalue weighted by molar-refractivity contribution is 9.10. The first-order chi connectivity index (χ1) is 10.2. The smallest absolute Gasteiger partial charge is 0.270 e. The first kappa shape index (κ1) is 15.8. The summed E-state index contributed by atoms with van der Waals surface area (Å²) in [6, 6.07) is 7.40. The zero-order valence-electron chi connectivity index (χ0n) is 12.3. The molecule has 1 aliphatic carbocycles. The minimum absolute atomic E-state index is 0.136. The van der Waals surface area contributed by atoms with Crippen LogP contribution in [0.5, 0.6) is 0 Å². The van der Waals surface area contributed by atoms with Gasteiger partial charge in [-0.1, -0.05) is 44.1 Å². The van der Waals surface area contributed by atoms with Crippen LogP contribution in [0, 0.1) is 0 Å². The number of carbonyl (C=O) groups is 1. The number of amides is 1. The second kappa shape index (κ2) is 8.03. The van der Waals surface area contributed by atoms with Crippen molar-refractivity contribution in [2.75, 3.05) is 0 Å². The summed E-state index contributed by atoms with van der Waals surface area (Å²) in [6.45, 7) is 2.20. The number of nitrogens with one attached hydrogen (secondary N) is 2. The monoisotopic (exact) mass is 348 g/mol. The maximum Gasteiger partial charge on any atom is 0.270 e. The van der Waals surface area contributed by atoms with Gasteiger partial charge in [-0.3, -0.25) is 15.6 Å². The molecule has 1 amide bonds. The van der Waals surface area contributed by atoms with Crippen molar-refractivity contribution in [2.24, 2.45) is 0 Å². The zero-order valence-corrected chi connectivity index (χ0v) is 13.9. The molecule has 4 heteroatoms. The maximum absolute atomic E-state index is 12.1. The van der Waals surface area contributed by atoms with E-state index in [2.05, 4.69) is 45.9 Å². The van der Waals surface area contributed by atoms with E-state index in [1.165, 1.54) is 24.8 Å². The molecule has 1 aromatic carbocycles. The van der Waals surface area contributed by atoms with E-state index in [4.69, 9.17) is 0 Å². The van der Waals surface area contributed by atoms with Crippen LogP contribution in [0.25, 0.3) is 0 Å². The van der Waals surface area contributed by atoms with Gasteiger partial charge in [0.25, 0.3) is 5.91 Å². The zero-order chi connectivity index (χ0) is 15.1. The van der Waals surface area contributed by atoms with E-state index in [1.54, 1.807) is 6.07 Å². The van der Waals surface area contributed by atoms with Crippen molar-refractivity contribution < 1.29 is 4.79 Å². The van der Waals surface area contributed by atoms with Crippen LogP contribution in [-0.4, -0.2) is 5.91 Å². The Hall–Kier alpha value is -1.55. The fraction of sp³-hybridized carbons (Fsp3) is 0.353. The van der Waals surface area contributed by atoms with Crippen LogP contribution in [0.1, 0.15) is 49.4 Å². The number of hydrazine groups is 1. The Morgan fingerprint density at radius 3 is 2.81 bits per heavy atom. The molecule has 1 aliphatic rings. The molecule has 0 saturated carbocycles. The van der Waals surface area contributed by atoms with Crippen molar-refractivity contribution in [2.45, 2.75) is 39.0 Å². The van der Waals surface area contributed by atoms with Crippen LogP contribution in [0.4, 0.5) is 0 Å². The molecule has 3 nitrogen and oxygen atoms in total. The van der Waals surface area contributed by atoms with Crippen molar-refractivity contribution in [1.82, 2.24) is 10.9 Å². The topological polar surface area (TPSA) is 41.1 Å². The van der Waals surface area contributed by atoms with Crippen molar-refractivity contribution in [1.29, 1.82) is 0 Å². The van der Waals surface area contributed by atoms with E-state index in [9.17, 15) is 4.79 Å². The lowest BCUT2D eigenvalue weighted by molar-refractivity contribution is 0.0938. The molecule has 112 valence electrons. The number of hydrogen-bond acceptors (Lipinski definition) is 2. The molecule has 0 atom stereocenters. The summed E-state index contributed by atoms with van der Waals surface area (Å²) >= 11 is 3.39. The fourth-order valence-corrected chi connectivity index (χ4v) is 2.80. The summed E-state index contributed by atoms with van der Waals surface area (Å²) in [5.74, 6) is -0.136. The second-order valence-corrected chi connectivity index (χ2v) is 5.95. The molecule has 0 bridgehead atoms. The Labute approximate surface area is 134 Å². The van der Waals surface area contributed by atoms with Crippen molar-refractivity contribution in [3.05, 3.63) is 57.7 Å². The molecule has 0 fully saturated rings. The van der Waals surface area contributed by atoms with E-state index in [0.717, 1.165) is 23.0 Å². The van der Waals surface area contributed by atoms with Gasteiger partial charge < -0.3 is 0 Å². The third-order valence-corrected chi connectivity index (χ3v) is 4.20. The lowest BCUT2D eigenvalue weighted by atomic mass is 10.1. The molecule has 1 aromatic rings. The summed E-state index contributed by atoms with van der Waals surface area (Å²) in [5.41, 5.74) is 8.79. The maximum atomic E-state index is 12.1. The van der Waals surface area contributed by atoms with E-state index >= 15 is 0 Å². The van der Waals surface area contributed by atoms with Gasteiger partial charge in [0.1, 0.15) is 0 Å². The van der Waals surface area contributed by atoms with Crippen LogP contribution in [0.2, 0.25) is 0 Å². The van der Waals surface area contributed by atoms with Gasteiger partial charge in [-0.05, 0) is 52.9 Å². The largest absolute Gasteiger partial charge is 0.298 e. The van der Waals surface area contributed by atoms with Crippen LogP contribution in [0.3, 0.4) is 0 Å². The molecular formula is C17H21BrN2O. The number of rotatable bonds is 7. The Morgan fingerprint density at radius 2 is 2.05 bits per heavy atom. The van der Waals surface area contributed by atoms with Crippen molar-refractivity contribution in [3.63, 3.8) is 0 Å². The normalized spacial score (nSPS) is 13.6. The minimum Gasteiger partial charge on any atom is -0.298 e. The van der Waals surface area contributed by atoms with Gasteiger partial charge in [0.2, 0.25) is 0 Å². The van der Waals surface area contributed by atoms with E-state index in [1.807, 2.05) is 18.2 Å². The average Bonchev–Trinajstić information content (AvgIpc) is 2.93. The number of hydrogen-bond donors (Lipinski definition) is 2. The lowest BCUT2D eigenvalue weighted by Gasteiger charge is -2.13. The Kier molecular flexibility index (Phi) is 6.05. The number of carbonyl (C=O) groups excluding carboxylic acids is 1. The van der Waals surface area contributed by atoms with Gasteiger partial charge in [0, 0.05) is 4.47 Å². The average molecular weight is 349 g/mol. The van der Waals surface area contributed by atoms with Crippen molar-refractivity contribution in [3.8, 4) is 0 Å². The lowest BCUT2D eigenvalue weighted by Crippen LogP contribution is -2.37. The van der Waals surface area contributed by atoms with E-state index < -0.39 is 0 Å². The molecule has 0 aromatic heterocycles. The molecule has 0 radical (unpaired) electrons. The molecule has 0 saturated heterocycles. The molecule has 21 heavy (non-hydrogen) atoms. The van der Waals surface area contributed by atoms with Crippen LogP contribution < -0.4 is 10.9 Å². The third-order valence-electron chi connectivity index (χ3n) is 3.51. The molecule has 2 rings (SSSR count). The van der Waals surface area contributed by atoms with Gasteiger partial charge in [0.15, 0.2) is 0 Å². The quantitative estimate of drug-likeness (QED) is 0.563. The number of halogens is 1. The SMILES string of the molecule is CCCCCC1=CCC=C1NNC(=O)c1ccccc1Br. The standard InChI is InChI=1S/C17H21BrN2O/c1-2-3-4-8-13-9-7-12-16(13)19-20-17(21)14-10-5-6-11-15(14)18/h5-6,9-12,19H,2-4,7-8H2,1H3,(H,20,21). The second-order valence-electron chi connectivity index (χ2n) is 5.10. The summed E-state index contributed by atoms with van der Waals surface area (Å²) in [6.07, 6.45) is 10.0. The predicted octanol–water partition coefficient (Wildman–Crippen LogP) is 4.48. The van der Waals surface area contributed by atoms with Gasteiger partial charge in [0.05, 0.1) is 11.3 Å². The van der Waals surface area contributed by atoms with Gasteiger partial charge in [-0.2, -0.15) is 0 Å². The highest BCUT2D eigenvalue weighted by Crippen LogP contribution is 2.22. The summed E-state index contributed by atoms with van der Waals surface area (Å²) in [4.78, 5) is 12.1. The predicted molar refractivity (Wildman–Crippen MR) is 89.7 cm³/mol. The first-order valence-electron chi connectivity index (χ1n) is 7.42. The minimum atomic E-state index is -0.136. The molecule has 2 N–H and O–H groups in total. The van der Waals surface area contributed by atoms with Crippen LogP contribution in [-0.2, 0) is 0 Å². The summed E-state index contributed by atoms with van der Waals surface area (Å²) < 4.78 is 0.795. The first-order valence-corrected chi connectivity index (χ1v) is 8.22. The molecule has 0 unspecified atom stereocenters. The van der Waals surface area contributed by atoms with Gasteiger partial charge in [-0.15, -0.1) is 0 Å². The molecule has 0 aliphatic heterocycles. The number of unbranched alkanes of at least 4 members (excludes halogenated alkanes) is 2. The number of benzene rings is 1. The van der Waals surface area contributed by atoms with E-state index in [-0.39, 0.29) is 5.91 Å². The summed E-state index contributed by atoms with van der Waals surface area (Å²) in [7, 11) is 0. The Bertz CT molecular complexity index is 564. The highest BCUT2D eigenvalue weighted by Gasteiger charge is 2.12. The highest BCUT2D eigenvalue weighted by atomic mass is 79.9. The Morgan fingerprint density at radius 1 is 1.24 bits per heavy atom. The molecule has 0 heterocycles. The summed E-state index contributed by atoms with van der Waals surface area (Å²) in [5, 5.41) is 0.